The summed E-state index contributed by atoms with van der Waals surface area (Å²) in [6.07, 6.45) is 1.24. The minimum Gasteiger partial charge on any atom is -0.357 e. The highest BCUT2D eigenvalue weighted by molar-refractivity contribution is 7.99. The first kappa shape index (κ1) is 13.0. The number of anilines is 2. The Labute approximate surface area is 121 Å². The van der Waals surface area contributed by atoms with Crippen molar-refractivity contribution in [1.82, 2.24) is 9.97 Å². The van der Waals surface area contributed by atoms with E-state index in [-0.39, 0.29) is 0 Å². The molecule has 0 radical (unpaired) electrons. The van der Waals surface area contributed by atoms with Crippen molar-refractivity contribution in [3.05, 3.63) is 10.9 Å². The third-order valence-corrected chi connectivity index (χ3v) is 5.60. The zero-order chi connectivity index (χ0) is 13.4. The van der Waals surface area contributed by atoms with E-state index in [0.717, 1.165) is 10.6 Å². The topological polar surface area (TPSA) is 41.1 Å². The molecule has 0 saturated carbocycles. The lowest BCUT2D eigenvalue weighted by atomic mass is 10.2. The molecule has 1 N–H and O–H groups in total. The fourth-order valence-electron chi connectivity index (χ4n) is 2.41. The van der Waals surface area contributed by atoms with E-state index in [4.69, 9.17) is 0 Å². The van der Waals surface area contributed by atoms with Gasteiger partial charge in [-0.25, -0.2) is 4.98 Å². The van der Waals surface area contributed by atoms with Gasteiger partial charge in [0.1, 0.15) is 10.6 Å². The van der Waals surface area contributed by atoms with E-state index >= 15 is 0 Å². The predicted molar refractivity (Wildman–Crippen MR) is 85.8 cm³/mol. The van der Waals surface area contributed by atoms with E-state index in [1.807, 2.05) is 18.8 Å². The molecule has 0 spiro atoms. The fourth-order valence-corrected chi connectivity index (χ4v) is 4.55. The summed E-state index contributed by atoms with van der Waals surface area (Å²) in [5.74, 6) is 4.22. The summed E-state index contributed by atoms with van der Waals surface area (Å²) in [6.45, 7) is 2.13. The summed E-state index contributed by atoms with van der Waals surface area (Å²) >= 11 is 3.76. The van der Waals surface area contributed by atoms with Crippen molar-refractivity contribution in [1.29, 1.82) is 0 Å². The van der Waals surface area contributed by atoms with Crippen LogP contribution in [0.1, 0.15) is 11.3 Å². The third-order valence-electron chi connectivity index (χ3n) is 3.51. The van der Waals surface area contributed by atoms with E-state index in [1.165, 1.54) is 28.2 Å². The molecule has 0 aromatic carbocycles. The molecule has 0 aliphatic carbocycles. The van der Waals surface area contributed by atoms with Crippen molar-refractivity contribution in [2.24, 2.45) is 0 Å². The monoisotopic (exact) mass is 294 g/mol. The summed E-state index contributed by atoms with van der Waals surface area (Å²) in [4.78, 5) is 13.9. The van der Waals surface area contributed by atoms with Crippen molar-refractivity contribution in [3.63, 3.8) is 0 Å². The molecular weight excluding hydrogens is 276 g/mol. The second kappa shape index (κ2) is 5.17. The quantitative estimate of drug-likeness (QED) is 0.942. The summed E-state index contributed by atoms with van der Waals surface area (Å²) in [5.41, 5.74) is 0. The predicted octanol–water partition coefficient (Wildman–Crippen LogP) is 2.98. The normalized spacial score (nSPS) is 19.0. The number of fused-ring (bicyclic) bond motifs is 1. The SMILES string of the molecule is CNc1nc(N(C)C2CCSC2)c2cc(C)sc2n1. The van der Waals surface area contributed by atoms with Gasteiger partial charge >= 0.3 is 0 Å². The molecule has 0 bridgehead atoms. The molecule has 0 amide bonds. The van der Waals surface area contributed by atoms with E-state index in [1.54, 1.807) is 11.3 Å². The number of hydrogen-bond donors (Lipinski definition) is 1. The molecule has 3 heterocycles. The molecule has 3 rings (SSSR count). The van der Waals surface area contributed by atoms with Gasteiger partial charge in [-0.3, -0.25) is 0 Å². The van der Waals surface area contributed by atoms with Crippen LogP contribution in [0.4, 0.5) is 11.8 Å². The average molecular weight is 294 g/mol. The Morgan fingerprint density at radius 2 is 2.26 bits per heavy atom. The van der Waals surface area contributed by atoms with E-state index in [0.29, 0.717) is 12.0 Å². The van der Waals surface area contributed by atoms with Gasteiger partial charge in [-0.1, -0.05) is 0 Å². The molecule has 1 saturated heterocycles. The lowest BCUT2D eigenvalue weighted by Crippen LogP contribution is -2.32. The largest absolute Gasteiger partial charge is 0.357 e. The lowest BCUT2D eigenvalue weighted by Gasteiger charge is -2.25. The first-order valence-corrected chi connectivity index (χ1v) is 8.42. The zero-order valence-electron chi connectivity index (χ0n) is 11.4. The van der Waals surface area contributed by atoms with Gasteiger partial charge < -0.3 is 10.2 Å². The van der Waals surface area contributed by atoms with Crippen LogP contribution in [-0.2, 0) is 0 Å². The van der Waals surface area contributed by atoms with Crippen molar-refractivity contribution in [2.75, 3.05) is 35.8 Å². The number of thiophene rings is 1. The summed E-state index contributed by atoms with van der Waals surface area (Å²) in [7, 11) is 4.03. The highest BCUT2D eigenvalue weighted by atomic mass is 32.2. The van der Waals surface area contributed by atoms with Gasteiger partial charge in [0.15, 0.2) is 0 Å². The number of thioether (sulfide) groups is 1. The zero-order valence-corrected chi connectivity index (χ0v) is 13.1. The minimum atomic E-state index is 0.591. The standard InChI is InChI=1S/C13H18N4S2/c1-8-6-10-11(17(3)9-4-5-18-7-9)15-13(14-2)16-12(10)19-8/h6,9H,4-5,7H2,1-3H3,(H,14,15,16). The molecule has 1 unspecified atom stereocenters. The van der Waals surface area contributed by atoms with Gasteiger partial charge in [-0.15, -0.1) is 11.3 Å². The summed E-state index contributed by atoms with van der Waals surface area (Å²) in [6, 6.07) is 2.79. The van der Waals surface area contributed by atoms with E-state index in [2.05, 4.69) is 40.2 Å². The number of hydrogen-bond acceptors (Lipinski definition) is 6. The number of aromatic nitrogens is 2. The van der Waals surface area contributed by atoms with Gasteiger partial charge in [-0.2, -0.15) is 16.7 Å². The third kappa shape index (κ3) is 2.39. The second-order valence-corrected chi connectivity index (χ2v) is 7.21. The van der Waals surface area contributed by atoms with Crippen LogP contribution in [0.25, 0.3) is 10.2 Å². The van der Waals surface area contributed by atoms with Crippen molar-refractivity contribution < 1.29 is 0 Å². The van der Waals surface area contributed by atoms with Crippen molar-refractivity contribution in [3.8, 4) is 0 Å². The van der Waals surface area contributed by atoms with Crippen LogP contribution < -0.4 is 10.2 Å². The van der Waals surface area contributed by atoms with Gasteiger partial charge in [0, 0.05) is 30.8 Å². The Bertz CT molecular complexity index is 590. The Hall–Kier alpha value is -1.01. The first-order valence-electron chi connectivity index (χ1n) is 6.45. The molecule has 6 heteroatoms. The molecule has 1 aliphatic rings. The smallest absolute Gasteiger partial charge is 0.225 e. The van der Waals surface area contributed by atoms with Crippen LogP contribution in [0, 0.1) is 6.92 Å². The van der Waals surface area contributed by atoms with E-state index < -0.39 is 0 Å². The van der Waals surface area contributed by atoms with Crippen LogP contribution in [0.3, 0.4) is 0 Å². The highest BCUT2D eigenvalue weighted by Crippen LogP contribution is 2.34. The molecule has 1 fully saturated rings. The first-order chi connectivity index (χ1) is 9.19. The van der Waals surface area contributed by atoms with Crippen LogP contribution in [-0.4, -0.2) is 41.6 Å². The number of nitrogens with one attached hydrogen (secondary N) is 1. The fraction of sp³-hybridized carbons (Fsp3) is 0.538. The summed E-state index contributed by atoms with van der Waals surface area (Å²) < 4.78 is 0. The molecular formula is C13H18N4S2. The van der Waals surface area contributed by atoms with Crippen molar-refractivity contribution >= 4 is 45.1 Å². The molecule has 1 atom stereocenters. The Kier molecular flexibility index (Phi) is 3.54. The van der Waals surface area contributed by atoms with Crippen LogP contribution in [0.5, 0.6) is 0 Å². The molecule has 102 valence electrons. The second-order valence-electron chi connectivity index (χ2n) is 4.83. The molecule has 2 aromatic rings. The minimum absolute atomic E-state index is 0.591. The van der Waals surface area contributed by atoms with Crippen LogP contribution in [0.15, 0.2) is 6.07 Å². The number of rotatable bonds is 3. The Morgan fingerprint density at radius 3 is 2.95 bits per heavy atom. The lowest BCUT2D eigenvalue weighted by molar-refractivity contribution is 0.694. The molecule has 4 nitrogen and oxygen atoms in total. The van der Waals surface area contributed by atoms with Crippen LogP contribution in [0.2, 0.25) is 0 Å². The van der Waals surface area contributed by atoms with Gasteiger partial charge in [0.05, 0.1) is 5.39 Å². The number of nitrogens with zero attached hydrogens (tertiary/aromatic N) is 3. The Balaban J connectivity index is 2.09. The van der Waals surface area contributed by atoms with Crippen LogP contribution >= 0.6 is 23.1 Å². The maximum Gasteiger partial charge on any atom is 0.225 e. The maximum atomic E-state index is 4.68. The Morgan fingerprint density at radius 1 is 1.42 bits per heavy atom. The van der Waals surface area contributed by atoms with Gasteiger partial charge in [-0.05, 0) is 25.2 Å². The molecule has 19 heavy (non-hydrogen) atoms. The summed E-state index contributed by atoms with van der Waals surface area (Å²) in [5, 5.41) is 4.25. The molecule has 1 aliphatic heterocycles. The van der Waals surface area contributed by atoms with Gasteiger partial charge in [0.25, 0.3) is 0 Å². The molecule has 2 aromatic heterocycles. The number of aryl methyl sites for hydroxylation is 1. The van der Waals surface area contributed by atoms with Gasteiger partial charge in [0.2, 0.25) is 5.95 Å². The average Bonchev–Trinajstić information content (AvgIpc) is 3.04. The van der Waals surface area contributed by atoms with Crippen molar-refractivity contribution in [2.45, 2.75) is 19.4 Å². The van der Waals surface area contributed by atoms with E-state index in [9.17, 15) is 0 Å². The maximum absolute atomic E-state index is 4.68. The highest BCUT2D eigenvalue weighted by Gasteiger charge is 2.23.